The van der Waals surface area contributed by atoms with Crippen LogP contribution in [-0.4, -0.2) is 46.4 Å². The second-order valence-corrected chi connectivity index (χ2v) is 6.08. The van der Waals surface area contributed by atoms with E-state index in [9.17, 15) is 19.1 Å². The molecule has 1 aromatic carbocycles. The summed E-state index contributed by atoms with van der Waals surface area (Å²) in [4.78, 5) is 28.3. The Labute approximate surface area is 149 Å². The van der Waals surface area contributed by atoms with E-state index in [0.29, 0.717) is 24.0 Å². The molecule has 2 aromatic rings. The van der Waals surface area contributed by atoms with Gasteiger partial charge in [0.1, 0.15) is 11.4 Å². The van der Waals surface area contributed by atoms with Crippen LogP contribution in [0, 0.1) is 17.7 Å². The van der Waals surface area contributed by atoms with E-state index in [1.807, 2.05) is 0 Å². The van der Waals surface area contributed by atoms with Crippen LogP contribution < -0.4 is 5.73 Å². The van der Waals surface area contributed by atoms with Crippen molar-refractivity contribution in [2.75, 3.05) is 19.3 Å². The van der Waals surface area contributed by atoms with Gasteiger partial charge in [-0.05, 0) is 12.1 Å². The third kappa shape index (κ3) is 3.15. The van der Waals surface area contributed by atoms with Gasteiger partial charge in [-0.15, -0.1) is 0 Å². The molecule has 7 heteroatoms. The first-order valence-corrected chi connectivity index (χ1v) is 7.87. The van der Waals surface area contributed by atoms with Crippen molar-refractivity contribution in [3.05, 3.63) is 47.4 Å². The van der Waals surface area contributed by atoms with Crippen molar-refractivity contribution in [1.29, 1.82) is 0 Å². The number of nitrogen functional groups attached to an aromatic ring is 1. The molecule has 0 aliphatic carbocycles. The lowest BCUT2D eigenvalue weighted by atomic mass is 10.0. The van der Waals surface area contributed by atoms with E-state index < -0.39 is 17.3 Å². The van der Waals surface area contributed by atoms with Crippen LogP contribution in [0.3, 0.4) is 0 Å². The van der Waals surface area contributed by atoms with E-state index in [1.54, 1.807) is 31.3 Å². The van der Waals surface area contributed by atoms with Crippen LogP contribution in [0.25, 0.3) is 11.3 Å². The first-order valence-electron chi connectivity index (χ1n) is 7.87. The summed E-state index contributed by atoms with van der Waals surface area (Å²) in [5, 5.41) is 10.3. The molecule has 3 N–H and O–H groups in total. The Balaban J connectivity index is 1.97. The van der Waals surface area contributed by atoms with Gasteiger partial charge in [0.25, 0.3) is 5.91 Å². The number of benzene rings is 1. The number of carbonyl (C=O) groups is 2. The van der Waals surface area contributed by atoms with Gasteiger partial charge in [-0.1, -0.05) is 24.0 Å². The second-order valence-electron chi connectivity index (χ2n) is 6.08. The number of hydrogen-bond donors (Lipinski definition) is 2. The highest BCUT2D eigenvalue weighted by Crippen LogP contribution is 2.25. The van der Waals surface area contributed by atoms with E-state index in [1.165, 1.54) is 4.90 Å². The molecule has 1 fully saturated rings. The molecule has 1 aliphatic rings. The zero-order valence-electron chi connectivity index (χ0n) is 14.0. The fraction of sp³-hybridized carbons (Fsp3) is 0.211. The lowest BCUT2D eigenvalue weighted by molar-refractivity contribution is -0.137. The molecule has 0 saturated carbocycles. The zero-order chi connectivity index (χ0) is 18.9. The van der Waals surface area contributed by atoms with Crippen molar-refractivity contribution in [3.63, 3.8) is 0 Å². The summed E-state index contributed by atoms with van der Waals surface area (Å²) in [6.07, 6.45) is 0.686. The molecule has 3 rings (SSSR count). The van der Waals surface area contributed by atoms with E-state index in [4.69, 9.17) is 5.73 Å². The Hall–Kier alpha value is -3.24. The molecule has 1 saturated heterocycles. The maximum Gasteiger partial charge on any atom is 0.267 e. The number of rotatable bonds is 2. The van der Waals surface area contributed by atoms with Crippen LogP contribution in [-0.2, 0) is 4.79 Å². The van der Waals surface area contributed by atoms with Crippen molar-refractivity contribution in [2.24, 2.45) is 0 Å². The molecule has 1 atom stereocenters. The number of likely N-dealkylation sites (tertiary alicyclic amines) is 1. The van der Waals surface area contributed by atoms with Crippen molar-refractivity contribution in [1.82, 2.24) is 9.88 Å². The summed E-state index contributed by atoms with van der Waals surface area (Å²) in [5.74, 6) is 4.25. The van der Waals surface area contributed by atoms with E-state index in [-0.39, 0.29) is 23.5 Å². The molecule has 0 spiro atoms. The Morgan fingerprint density at radius 2 is 2.19 bits per heavy atom. The zero-order valence-corrected chi connectivity index (χ0v) is 14.0. The minimum absolute atomic E-state index is 0.0275. The van der Waals surface area contributed by atoms with Crippen molar-refractivity contribution in [2.45, 2.75) is 12.0 Å². The van der Waals surface area contributed by atoms with Gasteiger partial charge >= 0.3 is 0 Å². The SMILES string of the molecule is CN1CC[C@@](O)(C#Cc2cccc(-c3nc(C=O)c(N)cc3F)c2)C1=O. The Kier molecular flexibility index (Phi) is 4.45. The molecule has 26 heavy (non-hydrogen) atoms. The second kappa shape index (κ2) is 6.58. The fourth-order valence-electron chi connectivity index (χ4n) is 2.70. The number of aromatic nitrogens is 1. The molecular weight excluding hydrogens is 337 g/mol. The Bertz CT molecular complexity index is 964. The van der Waals surface area contributed by atoms with Gasteiger partial charge in [-0.3, -0.25) is 9.59 Å². The number of carbonyl (C=O) groups excluding carboxylic acids is 2. The summed E-state index contributed by atoms with van der Waals surface area (Å²) >= 11 is 0. The van der Waals surface area contributed by atoms with Gasteiger partial charge in [-0.2, -0.15) is 0 Å². The highest BCUT2D eigenvalue weighted by Gasteiger charge is 2.42. The minimum atomic E-state index is -1.71. The van der Waals surface area contributed by atoms with E-state index in [2.05, 4.69) is 16.8 Å². The lowest BCUT2D eigenvalue weighted by Gasteiger charge is -2.13. The van der Waals surface area contributed by atoms with Gasteiger partial charge in [0.2, 0.25) is 5.60 Å². The maximum atomic E-state index is 14.2. The van der Waals surface area contributed by atoms with Crippen LogP contribution in [0.2, 0.25) is 0 Å². The monoisotopic (exact) mass is 353 g/mol. The normalized spacial score (nSPS) is 19.2. The number of nitrogens with zero attached hydrogens (tertiary/aromatic N) is 2. The fourth-order valence-corrected chi connectivity index (χ4v) is 2.70. The number of aldehydes is 1. The molecule has 6 nitrogen and oxygen atoms in total. The smallest absolute Gasteiger partial charge is 0.267 e. The van der Waals surface area contributed by atoms with Crippen molar-refractivity contribution in [3.8, 4) is 23.1 Å². The average Bonchev–Trinajstić information content (AvgIpc) is 2.88. The molecule has 0 unspecified atom stereocenters. The third-order valence-electron chi connectivity index (χ3n) is 4.21. The minimum Gasteiger partial charge on any atom is -0.397 e. The number of hydrogen-bond acceptors (Lipinski definition) is 5. The lowest BCUT2D eigenvalue weighted by Crippen LogP contribution is -2.37. The number of anilines is 1. The van der Waals surface area contributed by atoms with Crippen LogP contribution in [0.5, 0.6) is 0 Å². The predicted octanol–water partition coefficient (Wildman–Crippen LogP) is 1.23. The third-order valence-corrected chi connectivity index (χ3v) is 4.21. The molecular formula is C19H16FN3O3. The molecule has 1 amide bonds. The van der Waals surface area contributed by atoms with Crippen LogP contribution in [0.15, 0.2) is 30.3 Å². The summed E-state index contributed by atoms with van der Waals surface area (Å²) < 4.78 is 14.2. The van der Waals surface area contributed by atoms with Crippen molar-refractivity contribution < 1.29 is 19.1 Å². The van der Waals surface area contributed by atoms with Crippen LogP contribution in [0.4, 0.5) is 10.1 Å². The maximum absolute atomic E-state index is 14.2. The van der Waals surface area contributed by atoms with Crippen LogP contribution >= 0.6 is 0 Å². The molecule has 2 heterocycles. The molecule has 0 radical (unpaired) electrons. The first kappa shape index (κ1) is 17.6. The van der Waals surface area contributed by atoms with Crippen LogP contribution in [0.1, 0.15) is 22.5 Å². The van der Waals surface area contributed by atoms with E-state index >= 15 is 0 Å². The first-order chi connectivity index (χ1) is 12.3. The van der Waals surface area contributed by atoms with Gasteiger partial charge in [0, 0.05) is 37.2 Å². The quantitative estimate of drug-likeness (QED) is 0.625. The number of aliphatic hydroxyl groups is 1. The Morgan fingerprint density at radius 1 is 1.42 bits per heavy atom. The number of likely N-dealkylation sites (N-methyl/N-ethyl adjacent to an activating group) is 1. The summed E-state index contributed by atoms with van der Waals surface area (Å²) in [6, 6.07) is 7.53. The number of halogens is 1. The molecule has 1 aromatic heterocycles. The Morgan fingerprint density at radius 3 is 2.85 bits per heavy atom. The number of nitrogens with two attached hydrogens (primary N) is 1. The number of amides is 1. The summed E-state index contributed by atoms with van der Waals surface area (Å²) in [5.41, 5.74) is 4.60. The summed E-state index contributed by atoms with van der Waals surface area (Å²) in [7, 11) is 1.60. The van der Waals surface area contributed by atoms with Gasteiger partial charge in [-0.25, -0.2) is 9.37 Å². The van der Waals surface area contributed by atoms with Gasteiger partial charge < -0.3 is 15.7 Å². The molecule has 132 valence electrons. The average molecular weight is 353 g/mol. The van der Waals surface area contributed by atoms with Gasteiger partial charge in [0.15, 0.2) is 12.1 Å². The molecule has 1 aliphatic heterocycles. The summed E-state index contributed by atoms with van der Waals surface area (Å²) in [6.45, 7) is 0.430. The molecule has 0 bridgehead atoms. The largest absolute Gasteiger partial charge is 0.397 e. The van der Waals surface area contributed by atoms with E-state index in [0.717, 1.165) is 6.07 Å². The van der Waals surface area contributed by atoms with Gasteiger partial charge in [0.05, 0.1) is 5.69 Å². The predicted molar refractivity (Wildman–Crippen MR) is 93.5 cm³/mol. The number of pyridine rings is 1. The topological polar surface area (TPSA) is 96.5 Å². The standard InChI is InChI=1S/C19H16FN3O3/c1-23-8-7-19(26,18(23)25)6-5-12-3-2-4-13(9-12)17-14(20)10-15(21)16(11-24)22-17/h2-4,9-11,26H,7-8,21H2,1H3/t19-/m0/s1. The highest BCUT2D eigenvalue weighted by atomic mass is 19.1. The highest BCUT2D eigenvalue weighted by molar-refractivity contribution is 5.90. The van der Waals surface area contributed by atoms with Crippen molar-refractivity contribution >= 4 is 17.9 Å².